The van der Waals surface area contributed by atoms with Gasteiger partial charge in [0.15, 0.2) is 0 Å². The molecule has 0 aliphatic heterocycles. The van der Waals surface area contributed by atoms with Crippen molar-refractivity contribution < 1.29 is 9.59 Å². The van der Waals surface area contributed by atoms with Crippen LogP contribution >= 0.6 is 27.7 Å². The van der Waals surface area contributed by atoms with Gasteiger partial charge >= 0.3 is 0 Å². The summed E-state index contributed by atoms with van der Waals surface area (Å²) in [6, 6.07) is 15.1. The van der Waals surface area contributed by atoms with E-state index in [1.807, 2.05) is 49.4 Å². The fourth-order valence-corrected chi connectivity index (χ4v) is 3.45. The first-order valence-corrected chi connectivity index (χ1v) is 9.64. The molecule has 0 radical (unpaired) electrons. The third-order valence-electron chi connectivity index (χ3n) is 3.70. The van der Waals surface area contributed by atoms with Gasteiger partial charge in [0.25, 0.3) is 5.91 Å². The summed E-state index contributed by atoms with van der Waals surface area (Å²) in [6.45, 7) is 1.95. The summed E-state index contributed by atoms with van der Waals surface area (Å²) in [7, 11) is 3.45. The zero-order chi connectivity index (χ0) is 18.4. The Morgan fingerprint density at radius 2 is 1.76 bits per heavy atom. The molecule has 0 aromatic heterocycles. The quantitative estimate of drug-likeness (QED) is 0.714. The van der Waals surface area contributed by atoms with E-state index in [2.05, 4.69) is 21.2 Å². The second-order valence-electron chi connectivity index (χ2n) is 5.82. The third kappa shape index (κ3) is 5.61. The number of nitrogens with one attached hydrogen (secondary N) is 1. The Labute approximate surface area is 161 Å². The highest BCUT2D eigenvalue weighted by Crippen LogP contribution is 2.24. The van der Waals surface area contributed by atoms with Gasteiger partial charge in [0, 0.05) is 23.5 Å². The summed E-state index contributed by atoms with van der Waals surface area (Å²) in [5.41, 5.74) is 1.62. The Bertz CT molecular complexity index is 747. The van der Waals surface area contributed by atoms with E-state index in [9.17, 15) is 9.59 Å². The van der Waals surface area contributed by atoms with Crippen molar-refractivity contribution in [2.24, 2.45) is 0 Å². The van der Waals surface area contributed by atoms with Gasteiger partial charge in [-0.1, -0.05) is 40.2 Å². The fraction of sp³-hybridized carbons (Fsp3) is 0.263. The maximum atomic E-state index is 12.7. The molecule has 1 unspecified atom stereocenters. The van der Waals surface area contributed by atoms with Crippen molar-refractivity contribution in [3.8, 4) is 0 Å². The first-order chi connectivity index (χ1) is 11.9. The van der Waals surface area contributed by atoms with E-state index in [1.165, 1.54) is 11.8 Å². The minimum atomic E-state index is -0.143. The molecular formula is C19H21BrN2O2S. The third-order valence-corrected chi connectivity index (χ3v) is 5.29. The zero-order valence-corrected chi connectivity index (χ0v) is 16.9. The lowest BCUT2D eigenvalue weighted by atomic mass is 10.1. The lowest BCUT2D eigenvalue weighted by molar-refractivity contribution is -0.125. The van der Waals surface area contributed by atoms with Crippen LogP contribution in [0, 0.1) is 0 Å². The molecule has 2 amide bonds. The van der Waals surface area contributed by atoms with Crippen LogP contribution in [0.2, 0.25) is 0 Å². The molecule has 0 aliphatic carbocycles. The summed E-state index contributed by atoms with van der Waals surface area (Å²) >= 11 is 4.79. The van der Waals surface area contributed by atoms with E-state index in [-0.39, 0.29) is 17.9 Å². The van der Waals surface area contributed by atoms with E-state index < -0.39 is 0 Å². The smallest absolute Gasteiger partial charge is 0.252 e. The Morgan fingerprint density at radius 1 is 1.12 bits per heavy atom. The second kappa shape index (κ2) is 9.06. The van der Waals surface area contributed by atoms with E-state index >= 15 is 0 Å². The number of hydrogen-bond acceptors (Lipinski definition) is 3. The highest BCUT2D eigenvalue weighted by Gasteiger charge is 2.16. The molecule has 1 N–H and O–H groups in total. The molecule has 6 heteroatoms. The first-order valence-electron chi connectivity index (χ1n) is 7.87. The number of hydrogen-bond donors (Lipinski definition) is 1. The largest absolute Gasteiger partial charge is 0.348 e. The van der Waals surface area contributed by atoms with Crippen LogP contribution < -0.4 is 5.32 Å². The monoisotopic (exact) mass is 420 g/mol. The van der Waals surface area contributed by atoms with Crippen LogP contribution in [0.25, 0.3) is 0 Å². The van der Waals surface area contributed by atoms with E-state index in [1.54, 1.807) is 25.1 Å². The predicted octanol–water partition coefficient (Wildman–Crippen LogP) is 4.12. The summed E-state index contributed by atoms with van der Waals surface area (Å²) in [6.07, 6.45) is 0. The van der Waals surface area contributed by atoms with Gasteiger partial charge in [-0.2, -0.15) is 0 Å². The number of thioether (sulfide) groups is 1. The summed E-state index contributed by atoms with van der Waals surface area (Å²) in [5.74, 6) is 0.179. The van der Waals surface area contributed by atoms with Gasteiger partial charge in [0.2, 0.25) is 5.91 Å². The van der Waals surface area contributed by atoms with Gasteiger partial charge in [-0.25, -0.2) is 0 Å². The maximum Gasteiger partial charge on any atom is 0.252 e. The van der Waals surface area contributed by atoms with Gasteiger partial charge in [-0.3, -0.25) is 9.59 Å². The van der Waals surface area contributed by atoms with Crippen molar-refractivity contribution in [1.29, 1.82) is 0 Å². The van der Waals surface area contributed by atoms with Gasteiger partial charge < -0.3 is 10.2 Å². The molecular weight excluding hydrogens is 400 g/mol. The summed E-state index contributed by atoms with van der Waals surface area (Å²) < 4.78 is 1.00. The van der Waals surface area contributed by atoms with Crippen LogP contribution in [-0.4, -0.2) is 36.6 Å². The second-order valence-corrected chi connectivity index (χ2v) is 7.75. The van der Waals surface area contributed by atoms with Crippen molar-refractivity contribution >= 4 is 39.5 Å². The van der Waals surface area contributed by atoms with Crippen molar-refractivity contribution in [2.45, 2.75) is 17.9 Å². The molecule has 4 nitrogen and oxygen atoms in total. The molecule has 2 rings (SSSR count). The average Bonchev–Trinajstić information content (AvgIpc) is 2.60. The molecule has 2 aromatic carbocycles. The molecule has 0 aliphatic rings. The normalized spacial score (nSPS) is 11.7. The van der Waals surface area contributed by atoms with Crippen molar-refractivity contribution in [3.63, 3.8) is 0 Å². The highest BCUT2D eigenvalue weighted by molar-refractivity contribution is 9.10. The molecule has 0 fully saturated rings. The molecule has 0 saturated heterocycles. The van der Waals surface area contributed by atoms with Crippen LogP contribution in [0.3, 0.4) is 0 Å². The van der Waals surface area contributed by atoms with Gasteiger partial charge in [-0.05, 0) is 36.8 Å². The van der Waals surface area contributed by atoms with Crippen molar-refractivity contribution in [1.82, 2.24) is 10.2 Å². The lowest BCUT2D eigenvalue weighted by Crippen LogP contribution is -2.27. The van der Waals surface area contributed by atoms with Gasteiger partial charge in [0.05, 0.1) is 17.4 Å². The van der Waals surface area contributed by atoms with E-state index in [0.717, 1.165) is 14.9 Å². The highest BCUT2D eigenvalue weighted by atomic mass is 79.9. The summed E-state index contributed by atoms with van der Waals surface area (Å²) in [5, 5.41) is 3.02. The lowest BCUT2D eigenvalue weighted by Gasteiger charge is -2.16. The Hall–Kier alpha value is -1.79. The SMILES string of the molecule is CC(NC(=O)c1ccccc1SCC(=O)N(C)C)c1ccc(Br)cc1. The standard InChI is InChI=1S/C19H21BrN2O2S/c1-13(14-8-10-15(20)11-9-14)21-19(24)16-6-4-5-7-17(16)25-12-18(23)22(2)3/h4-11,13H,12H2,1-3H3,(H,21,24). The minimum absolute atomic E-state index is 0.0171. The molecule has 0 spiro atoms. The minimum Gasteiger partial charge on any atom is -0.348 e. The number of amides is 2. The Morgan fingerprint density at radius 3 is 2.40 bits per heavy atom. The van der Waals surface area contributed by atoms with Crippen LogP contribution in [0.1, 0.15) is 28.9 Å². The number of carbonyl (C=O) groups excluding carboxylic acids is 2. The number of nitrogens with zero attached hydrogens (tertiary/aromatic N) is 1. The Balaban J connectivity index is 2.08. The van der Waals surface area contributed by atoms with E-state index in [0.29, 0.717) is 11.3 Å². The number of benzene rings is 2. The van der Waals surface area contributed by atoms with Crippen molar-refractivity contribution in [3.05, 3.63) is 64.1 Å². The van der Waals surface area contributed by atoms with Crippen LogP contribution in [0.4, 0.5) is 0 Å². The number of rotatable bonds is 6. The molecule has 2 aromatic rings. The summed E-state index contributed by atoms with van der Waals surface area (Å²) in [4.78, 5) is 26.8. The molecule has 0 bridgehead atoms. The van der Waals surface area contributed by atoms with Crippen LogP contribution in [-0.2, 0) is 4.79 Å². The van der Waals surface area contributed by atoms with Gasteiger partial charge in [-0.15, -0.1) is 11.8 Å². The van der Waals surface area contributed by atoms with Gasteiger partial charge in [0.1, 0.15) is 0 Å². The average molecular weight is 421 g/mol. The maximum absolute atomic E-state index is 12.7. The molecule has 25 heavy (non-hydrogen) atoms. The van der Waals surface area contributed by atoms with E-state index in [4.69, 9.17) is 0 Å². The predicted molar refractivity (Wildman–Crippen MR) is 106 cm³/mol. The first kappa shape index (κ1) is 19.5. The van der Waals surface area contributed by atoms with Crippen LogP contribution in [0.5, 0.6) is 0 Å². The molecule has 132 valence electrons. The molecule has 0 heterocycles. The fourth-order valence-electron chi connectivity index (χ4n) is 2.16. The Kier molecular flexibility index (Phi) is 7.08. The zero-order valence-electron chi connectivity index (χ0n) is 14.5. The number of carbonyl (C=O) groups is 2. The van der Waals surface area contributed by atoms with Crippen molar-refractivity contribution in [2.75, 3.05) is 19.8 Å². The number of halogens is 1. The van der Waals surface area contributed by atoms with Crippen LogP contribution in [0.15, 0.2) is 57.9 Å². The molecule has 1 atom stereocenters. The topological polar surface area (TPSA) is 49.4 Å². The molecule has 0 saturated carbocycles.